The maximum Gasteiger partial charge on any atom is 0.273 e. The molecule has 1 rings (SSSR count). The molecular weight excluding hydrogens is 268 g/mol. The van der Waals surface area contributed by atoms with E-state index in [9.17, 15) is 14.9 Å². The van der Waals surface area contributed by atoms with Gasteiger partial charge in [0, 0.05) is 29.3 Å². The van der Waals surface area contributed by atoms with Gasteiger partial charge in [0.05, 0.1) is 4.92 Å². The van der Waals surface area contributed by atoms with Crippen LogP contribution < -0.4 is 0 Å². The Morgan fingerprint density at radius 3 is 2.19 bits per heavy atom. The molecule has 2 unspecified atom stereocenters. The molecule has 0 aliphatic carbocycles. The van der Waals surface area contributed by atoms with Crippen LogP contribution in [-0.4, -0.2) is 27.8 Å². The first-order chi connectivity index (χ1) is 9.83. The molecule has 1 amide bonds. The van der Waals surface area contributed by atoms with E-state index in [4.69, 9.17) is 0 Å². The Balaban J connectivity index is 3.21. The number of amides is 1. The molecular formula is C16H24N2O3. The molecule has 0 bridgehead atoms. The van der Waals surface area contributed by atoms with Crippen LogP contribution in [0.2, 0.25) is 0 Å². The molecule has 116 valence electrons. The first-order valence-corrected chi connectivity index (χ1v) is 7.41. The van der Waals surface area contributed by atoms with E-state index in [1.165, 1.54) is 6.07 Å². The summed E-state index contributed by atoms with van der Waals surface area (Å²) in [5, 5.41) is 11.0. The highest BCUT2D eigenvalue weighted by atomic mass is 16.6. The second-order valence-electron chi connectivity index (χ2n) is 5.49. The molecule has 0 spiro atoms. The monoisotopic (exact) mass is 292 g/mol. The molecule has 0 fully saturated rings. The van der Waals surface area contributed by atoms with Crippen molar-refractivity contribution in [2.75, 3.05) is 0 Å². The summed E-state index contributed by atoms with van der Waals surface area (Å²) >= 11 is 0. The number of rotatable bonds is 6. The zero-order chi connectivity index (χ0) is 16.2. The van der Waals surface area contributed by atoms with Gasteiger partial charge in [-0.1, -0.05) is 19.9 Å². The van der Waals surface area contributed by atoms with Gasteiger partial charge in [0.2, 0.25) is 0 Å². The lowest BCUT2D eigenvalue weighted by Gasteiger charge is -2.34. The van der Waals surface area contributed by atoms with E-state index >= 15 is 0 Å². The van der Waals surface area contributed by atoms with E-state index in [2.05, 4.69) is 0 Å². The van der Waals surface area contributed by atoms with Crippen LogP contribution in [0.3, 0.4) is 0 Å². The summed E-state index contributed by atoms with van der Waals surface area (Å²) in [6, 6.07) is 4.90. The lowest BCUT2D eigenvalue weighted by molar-refractivity contribution is -0.385. The third kappa shape index (κ3) is 3.80. The minimum atomic E-state index is -0.442. The van der Waals surface area contributed by atoms with Crippen LogP contribution in [0.5, 0.6) is 0 Å². The SMILES string of the molecule is CCC(C)N(C(=O)c1ccc(C)c([N+](=O)[O-])c1)C(C)CC. The quantitative estimate of drug-likeness (QED) is 0.589. The largest absolute Gasteiger partial charge is 0.333 e. The second kappa shape index (κ2) is 7.20. The van der Waals surface area contributed by atoms with Gasteiger partial charge < -0.3 is 4.90 Å². The standard InChI is InChI=1S/C16H24N2O3/c1-6-12(4)17(13(5)7-2)16(19)14-9-8-11(3)15(10-14)18(20)21/h8-10,12-13H,6-7H2,1-5H3. The van der Waals surface area contributed by atoms with Crippen LogP contribution in [-0.2, 0) is 0 Å². The zero-order valence-corrected chi connectivity index (χ0v) is 13.4. The van der Waals surface area contributed by atoms with Gasteiger partial charge in [-0.3, -0.25) is 14.9 Å². The summed E-state index contributed by atoms with van der Waals surface area (Å²) in [4.78, 5) is 25.1. The van der Waals surface area contributed by atoms with E-state index in [1.807, 2.05) is 32.6 Å². The fraction of sp³-hybridized carbons (Fsp3) is 0.562. The van der Waals surface area contributed by atoms with Crippen molar-refractivity contribution in [3.05, 3.63) is 39.4 Å². The van der Waals surface area contributed by atoms with Gasteiger partial charge >= 0.3 is 0 Å². The second-order valence-corrected chi connectivity index (χ2v) is 5.49. The van der Waals surface area contributed by atoms with Crippen LogP contribution in [0.1, 0.15) is 56.5 Å². The van der Waals surface area contributed by atoms with E-state index < -0.39 is 4.92 Å². The molecule has 0 heterocycles. The highest BCUT2D eigenvalue weighted by Crippen LogP contribution is 2.22. The molecule has 0 saturated carbocycles. The Labute approximate surface area is 126 Å². The lowest BCUT2D eigenvalue weighted by atomic mass is 10.0. The van der Waals surface area contributed by atoms with Crippen LogP contribution in [0, 0.1) is 17.0 Å². The Bertz CT molecular complexity index is 518. The van der Waals surface area contributed by atoms with Crippen LogP contribution in [0.4, 0.5) is 5.69 Å². The molecule has 21 heavy (non-hydrogen) atoms. The number of nitrogens with zero attached hydrogens (tertiary/aromatic N) is 2. The first kappa shape index (κ1) is 17.1. The van der Waals surface area contributed by atoms with Crippen molar-refractivity contribution in [1.29, 1.82) is 0 Å². The summed E-state index contributed by atoms with van der Waals surface area (Å²) in [5.74, 6) is -0.137. The van der Waals surface area contributed by atoms with E-state index in [-0.39, 0.29) is 23.7 Å². The van der Waals surface area contributed by atoms with Crippen LogP contribution >= 0.6 is 0 Å². The number of hydrogen-bond acceptors (Lipinski definition) is 3. The van der Waals surface area contributed by atoms with Crippen LogP contribution in [0.15, 0.2) is 18.2 Å². The van der Waals surface area contributed by atoms with E-state index in [0.29, 0.717) is 11.1 Å². The van der Waals surface area contributed by atoms with E-state index in [1.54, 1.807) is 19.1 Å². The van der Waals surface area contributed by atoms with Crippen molar-refractivity contribution in [3.63, 3.8) is 0 Å². The van der Waals surface area contributed by atoms with Crippen molar-refractivity contribution in [2.24, 2.45) is 0 Å². The molecule has 1 aromatic carbocycles. The van der Waals surface area contributed by atoms with Gasteiger partial charge in [-0.05, 0) is 39.7 Å². The normalized spacial score (nSPS) is 13.6. The third-order valence-electron chi connectivity index (χ3n) is 4.02. The molecule has 0 N–H and O–H groups in total. The van der Waals surface area contributed by atoms with Gasteiger partial charge in [-0.15, -0.1) is 0 Å². The number of nitro benzene ring substituents is 1. The summed E-state index contributed by atoms with van der Waals surface area (Å²) in [6.07, 6.45) is 1.70. The molecule has 0 aliphatic heterocycles. The van der Waals surface area contributed by atoms with Gasteiger partial charge in [-0.25, -0.2) is 0 Å². The van der Waals surface area contributed by atoms with Crippen molar-refractivity contribution in [2.45, 2.75) is 59.5 Å². The number of carbonyl (C=O) groups excluding carboxylic acids is 1. The summed E-state index contributed by atoms with van der Waals surface area (Å²) in [6.45, 7) is 9.75. The zero-order valence-electron chi connectivity index (χ0n) is 13.4. The van der Waals surface area contributed by atoms with Crippen LogP contribution in [0.25, 0.3) is 0 Å². The van der Waals surface area contributed by atoms with Crippen molar-refractivity contribution in [3.8, 4) is 0 Å². The summed E-state index contributed by atoms with van der Waals surface area (Å²) in [5.41, 5.74) is 0.942. The highest BCUT2D eigenvalue weighted by molar-refractivity contribution is 5.95. The van der Waals surface area contributed by atoms with Crippen molar-refractivity contribution >= 4 is 11.6 Å². The van der Waals surface area contributed by atoms with Gasteiger partial charge in [-0.2, -0.15) is 0 Å². The summed E-state index contributed by atoms with van der Waals surface area (Å²) < 4.78 is 0. The molecule has 0 saturated heterocycles. The molecule has 1 aromatic rings. The van der Waals surface area contributed by atoms with Gasteiger partial charge in [0.1, 0.15) is 0 Å². The number of benzene rings is 1. The average molecular weight is 292 g/mol. The van der Waals surface area contributed by atoms with Crippen molar-refractivity contribution < 1.29 is 9.72 Å². The number of hydrogen-bond donors (Lipinski definition) is 0. The molecule has 0 radical (unpaired) electrons. The lowest BCUT2D eigenvalue weighted by Crippen LogP contribution is -2.44. The Kier molecular flexibility index (Phi) is 5.88. The third-order valence-corrected chi connectivity index (χ3v) is 4.02. The van der Waals surface area contributed by atoms with Gasteiger partial charge in [0.15, 0.2) is 0 Å². The maximum absolute atomic E-state index is 12.7. The molecule has 5 nitrogen and oxygen atoms in total. The van der Waals surface area contributed by atoms with E-state index in [0.717, 1.165) is 12.8 Å². The Morgan fingerprint density at radius 1 is 1.24 bits per heavy atom. The minimum absolute atomic E-state index is 0.00546. The number of aryl methyl sites for hydroxylation is 1. The highest BCUT2D eigenvalue weighted by Gasteiger charge is 2.26. The molecule has 2 atom stereocenters. The Hall–Kier alpha value is -1.91. The fourth-order valence-electron chi connectivity index (χ4n) is 2.32. The average Bonchev–Trinajstić information content (AvgIpc) is 2.46. The maximum atomic E-state index is 12.7. The molecule has 5 heteroatoms. The summed E-state index contributed by atoms with van der Waals surface area (Å²) in [7, 11) is 0. The predicted octanol–water partition coefficient (Wildman–Crippen LogP) is 3.94. The number of carbonyl (C=O) groups is 1. The Morgan fingerprint density at radius 2 is 1.76 bits per heavy atom. The first-order valence-electron chi connectivity index (χ1n) is 7.41. The van der Waals surface area contributed by atoms with Crippen molar-refractivity contribution in [1.82, 2.24) is 4.90 Å². The smallest absolute Gasteiger partial charge is 0.273 e. The fourth-order valence-corrected chi connectivity index (χ4v) is 2.32. The molecule has 0 aromatic heterocycles. The number of nitro groups is 1. The minimum Gasteiger partial charge on any atom is -0.333 e. The van der Waals surface area contributed by atoms with Gasteiger partial charge in [0.25, 0.3) is 11.6 Å². The molecule has 0 aliphatic rings. The predicted molar refractivity (Wildman–Crippen MR) is 83.5 cm³/mol. The topological polar surface area (TPSA) is 63.5 Å².